The first kappa shape index (κ1) is 24.1. The predicted molar refractivity (Wildman–Crippen MR) is 121 cm³/mol. The Morgan fingerprint density at radius 3 is 2.52 bits per heavy atom. The van der Waals surface area contributed by atoms with Crippen LogP contribution in [0.5, 0.6) is 0 Å². The van der Waals surface area contributed by atoms with Crippen LogP contribution in [0.25, 0.3) is 0 Å². The molecule has 1 unspecified atom stereocenters. The summed E-state index contributed by atoms with van der Waals surface area (Å²) >= 11 is 0. The zero-order valence-electron chi connectivity index (χ0n) is 18.6. The lowest BCUT2D eigenvalue weighted by molar-refractivity contribution is -0.160. The molecule has 2 aromatic carbocycles. The zero-order valence-corrected chi connectivity index (χ0v) is 18.6. The number of carbonyl (C=O) groups excluding carboxylic acids is 3. The molecule has 0 saturated carbocycles. The minimum Gasteiger partial charge on any atom is -0.445 e. The first-order valence-electron chi connectivity index (χ1n) is 10.9. The monoisotopic (exact) mass is 455 g/mol. The summed E-state index contributed by atoms with van der Waals surface area (Å²) in [4.78, 5) is 42.1. The Hall–Kier alpha value is -3.59. The van der Waals surface area contributed by atoms with Crippen LogP contribution in [0.2, 0.25) is 0 Å². The number of hydrogen-bond acceptors (Lipinski definition) is 7. The number of piperidine rings is 1. The van der Waals surface area contributed by atoms with Crippen molar-refractivity contribution in [2.45, 2.75) is 38.4 Å². The Morgan fingerprint density at radius 1 is 1.09 bits per heavy atom. The first-order valence-corrected chi connectivity index (χ1v) is 10.9. The molecule has 1 fully saturated rings. The molecule has 0 aromatic heterocycles. The SMILES string of the molecule is CCC(=O)ONC(=O)COC1CCN(C(=O)OCc2ccccc2)C[C@@H]1c1ccc(N)cc1. The number of ether oxygens (including phenoxy) is 2. The van der Waals surface area contributed by atoms with E-state index in [4.69, 9.17) is 15.2 Å². The smallest absolute Gasteiger partial charge is 0.410 e. The number of benzene rings is 2. The van der Waals surface area contributed by atoms with E-state index < -0.39 is 18.0 Å². The van der Waals surface area contributed by atoms with Gasteiger partial charge in [0.25, 0.3) is 5.91 Å². The molecule has 1 aliphatic rings. The fourth-order valence-corrected chi connectivity index (χ4v) is 3.57. The Labute approximate surface area is 192 Å². The number of nitrogens with two attached hydrogens (primary N) is 1. The van der Waals surface area contributed by atoms with E-state index in [1.807, 2.05) is 42.5 Å². The molecule has 9 nitrogen and oxygen atoms in total. The maximum Gasteiger partial charge on any atom is 0.410 e. The Kier molecular flexibility index (Phi) is 8.65. The van der Waals surface area contributed by atoms with Crippen molar-refractivity contribution in [3.05, 3.63) is 65.7 Å². The fraction of sp³-hybridized carbons (Fsp3) is 0.375. The molecule has 3 rings (SSSR count). The molecule has 2 aromatic rings. The second-order valence-electron chi connectivity index (χ2n) is 7.75. The number of hydroxylamine groups is 1. The lowest BCUT2D eigenvalue weighted by atomic mass is 9.88. The first-order chi connectivity index (χ1) is 16.0. The lowest BCUT2D eigenvalue weighted by Crippen LogP contribution is -2.46. The topological polar surface area (TPSA) is 120 Å². The number of carbonyl (C=O) groups is 3. The Bertz CT molecular complexity index is 935. The van der Waals surface area contributed by atoms with Crippen LogP contribution in [-0.2, 0) is 30.5 Å². The van der Waals surface area contributed by atoms with Gasteiger partial charge in [0.1, 0.15) is 13.2 Å². The summed E-state index contributed by atoms with van der Waals surface area (Å²) in [5.41, 5.74) is 10.4. The number of likely N-dealkylation sites (tertiary alicyclic amines) is 1. The van der Waals surface area contributed by atoms with Gasteiger partial charge >= 0.3 is 12.1 Å². The number of nitrogens with one attached hydrogen (secondary N) is 1. The molecule has 9 heteroatoms. The quantitative estimate of drug-likeness (QED) is 0.486. The maximum atomic E-state index is 12.7. The van der Waals surface area contributed by atoms with Crippen molar-refractivity contribution in [3.8, 4) is 0 Å². The fourth-order valence-electron chi connectivity index (χ4n) is 3.57. The largest absolute Gasteiger partial charge is 0.445 e. The molecule has 1 aliphatic heterocycles. The summed E-state index contributed by atoms with van der Waals surface area (Å²) in [5, 5.41) is 0. The normalized spacial score (nSPS) is 17.8. The van der Waals surface area contributed by atoms with Crippen molar-refractivity contribution in [3.63, 3.8) is 0 Å². The van der Waals surface area contributed by atoms with Crippen molar-refractivity contribution in [1.82, 2.24) is 10.4 Å². The van der Waals surface area contributed by atoms with Crippen LogP contribution in [0.15, 0.2) is 54.6 Å². The van der Waals surface area contributed by atoms with Gasteiger partial charge in [-0.25, -0.2) is 9.59 Å². The zero-order chi connectivity index (χ0) is 23.6. The van der Waals surface area contributed by atoms with Gasteiger partial charge in [-0.05, 0) is 29.7 Å². The molecule has 2 amide bonds. The third kappa shape index (κ3) is 7.21. The summed E-state index contributed by atoms with van der Waals surface area (Å²) in [7, 11) is 0. The molecule has 1 heterocycles. The number of anilines is 1. The summed E-state index contributed by atoms with van der Waals surface area (Å²) in [6.45, 7) is 2.34. The van der Waals surface area contributed by atoms with Gasteiger partial charge in [-0.15, -0.1) is 0 Å². The van der Waals surface area contributed by atoms with Gasteiger partial charge in [0.2, 0.25) is 0 Å². The molecule has 33 heavy (non-hydrogen) atoms. The highest BCUT2D eigenvalue weighted by Gasteiger charge is 2.34. The van der Waals surface area contributed by atoms with Gasteiger partial charge in [0, 0.05) is 31.1 Å². The second-order valence-corrected chi connectivity index (χ2v) is 7.75. The van der Waals surface area contributed by atoms with Crippen molar-refractivity contribution < 1.29 is 28.7 Å². The molecular formula is C24H29N3O6. The van der Waals surface area contributed by atoms with Crippen molar-refractivity contribution in [2.75, 3.05) is 25.4 Å². The Morgan fingerprint density at radius 2 is 1.82 bits per heavy atom. The van der Waals surface area contributed by atoms with E-state index in [0.717, 1.165) is 11.1 Å². The molecule has 0 aliphatic carbocycles. The molecule has 0 bridgehead atoms. The van der Waals surface area contributed by atoms with Crippen LogP contribution in [-0.4, -0.2) is 48.7 Å². The average molecular weight is 456 g/mol. The second kappa shape index (κ2) is 11.9. The summed E-state index contributed by atoms with van der Waals surface area (Å²) in [6.07, 6.45) is -0.0575. The van der Waals surface area contributed by atoms with Crippen molar-refractivity contribution in [1.29, 1.82) is 0 Å². The summed E-state index contributed by atoms with van der Waals surface area (Å²) < 4.78 is 11.3. The standard InChI is InChI=1S/C24H29N3O6/c1-2-23(29)33-26-22(28)16-31-21-12-13-27(14-20(21)18-8-10-19(25)11-9-18)24(30)32-15-17-6-4-3-5-7-17/h3-11,20-21H,2,12-16,25H2,1H3,(H,26,28)/t20-,21?/m1/s1. The molecule has 176 valence electrons. The molecule has 1 saturated heterocycles. The van der Waals surface area contributed by atoms with Gasteiger partial charge in [-0.3, -0.25) is 4.79 Å². The third-order valence-electron chi connectivity index (χ3n) is 5.37. The van der Waals surface area contributed by atoms with Crippen LogP contribution in [0.4, 0.5) is 10.5 Å². The number of hydrogen-bond donors (Lipinski definition) is 2. The van der Waals surface area contributed by atoms with Gasteiger partial charge < -0.3 is 24.9 Å². The highest BCUT2D eigenvalue weighted by Crippen LogP contribution is 2.30. The van der Waals surface area contributed by atoms with E-state index >= 15 is 0 Å². The van der Waals surface area contributed by atoms with Crippen LogP contribution in [0.3, 0.4) is 0 Å². The highest BCUT2D eigenvalue weighted by atomic mass is 16.7. The minimum atomic E-state index is -0.558. The van der Waals surface area contributed by atoms with E-state index in [2.05, 4.69) is 10.3 Å². The van der Waals surface area contributed by atoms with Crippen LogP contribution in [0.1, 0.15) is 36.8 Å². The van der Waals surface area contributed by atoms with Crippen molar-refractivity contribution >= 4 is 23.7 Å². The lowest BCUT2D eigenvalue weighted by Gasteiger charge is -2.38. The van der Waals surface area contributed by atoms with Crippen LogP contribution < -0.4 is 11.2 Å². The van der Waals surface area contributed by atoms with Gasteiger partial charge in [0.15, 0.2) is 0 Å². The maximum absolute atomic E-state index is 12.7. The van der Waals surface area contributed by atoms with Crippen molar-refractivity contribution in [2.24, 2.45) is 0 Å². The van der Waals surface area contributed by atoms with Gasteiger partial charge in [-0.2, -0.15) is 5.48 Å². The molecule has 3 N–H and O–H groups in total. The molecule has 2 atom stereocenters. The Balaban J connectivity index is 1.61. The predicted octanol–water partition coefficient (Wildman–Crippen LogP) is 2.76. The van der Waals surface area contributed by atoms with Gasteiger partial charge in [0.05, 0.1) is 6.10 Å². The van der Waals surface area contributed by atoms with Gasteiger partial charge in [-0.1, -0.05) is 49.4 Å². The highest BCUT2D eigenvalue weighted by molar-refractivity contribution is 5.78. The van der Waals surface area contributed by atoms with Crippen LogP contribution in [0, 0.1) is 0 Å². The van der Waals surface area contributed by atoms with E-state index in [9.17, 15) is 14.4 Å². The van der Waals surface area contributed by atoms with E-state index in [1.54, 1.807) is 24.0 Å². The van der Waals surface area contributed by atoms with Crippen LogP contribution >= 0.6 is 0 Å². The number of amides is 2. The number of nitrogen functional groups attached to an aromatic ring is 1. The third-order valence-corrected chi connectivity index (χ3v) is 5.37. The van der Waals surface area contributed by atoms with E-state index in [0.29, 0.717) is 25.2 Å². The summed E-state index contributed by atoms with van der Waals surface area (Å²) in [5.74, 6) is -1.28. The minimum absolute atomic E-state index is 0.152. The molecule has 0 spiro atoms. The molecular weight excluding hydrogens is 426 g/mol. The summed E-state index contributed by atoms with van der Waals surface area (Å²) in [6, 6.07) is 16.8. The average Bonchev–Trinajstić information content (AvgIpc) is 2.85. The number of nitrogens with zero attached hydrogens (tertiary/aromatic N) is 1. The van der Waals surface area contributed by atoms with E-state index in [-0.39, 0.29) is 31.7 Å². The van der Waals surface area contributed by atoms with E-state index in [1.165, 1.54) is 0 Å². The molecule has 0 radical (unpaired) electrons. The number of rotatable bonds is 7.